The molecule has 0 N–H and O–H groups in total. The van der Waals surface area contributed by atoms with Crippen LogP contribution in [0, 0.1) is 23.7 Å². The molecule has 4 unspecified atom stereocenters. The Morgan fingerprint density at radius 1 is 0.476 bits per heavy atom. The van der Waals surface area contributed by atoms with Crippen molar-refractivity contribution in [2.45, 2.75) is 64.2 Å². The Labute approximate surface area is 147 Å². The van der Waals surface area contributed by atoms with Gasteiger partial charge in [0, 0.05) is 0 Å². The first kappa shape index (κ1) is 18.0. The van der Waals surface area contributed by atoms with E-state index in [1.165, 1.54) is 77.3 Å². The first-order valence-corrected chi connectivity index (χ1v) is 9.20. The maximum atomic E-state index is 4.46. The van der Waals surface area contributed by atoms with Crippen molar-refractivity contribution in [1.82, 2.24) is 0 Å². The average molecular weight is 301 g/mol. The van der Waals surface area contributed by atoms with Gasteiger partial charge >= 0.3 is 23.1 Å². The quantitative estimate of drug-likeness (QED) is 0.577. The van der Waals surface area contributed by atoms with Crippen LogP contribution in [0.25, 0.3) is 10.6 Å². The summed E-state index contributed by atoms with van der Waals surface area (Å²) in [5.41, 5.74) is 0. The first-order valence-electron chi connectivity index (χ1n) is 9.20. The van der Waals surface area contributed by atoms with Crippen molar-refractivity contribution in [3.8, 4) is 0 Å². The normalized spacial score (nSPS) is 38.9. The molecule has 0 aromatic rings. The Hall–Kier alpha value is 0.686. The molecular formula is C18H32MgN2. The number of fused-ring (bicyclic) bond motifs is 2. The van der Waals surface area contributed by atoms with Crippen molar-refractivity contribution < 1.29 is 0 Å². The first-order chi connectivity index (χ1) is 9.93. The molecule has 4 aliphatic rings. The molecule has 2 aliphatic heterocycles. The molecular weight excluding hydrogens is 269 g/mol. The van der Waals surface area contributed by atoms with E-state index in [9.17, 15) is 0 Å². The third kappa shape index (κ3) is 5.37. The number of hydrogen-bond donors (Lipinski definition) is 0. The minimum atomic E-state index is 0. The topological polar surface area (TPSA) is 28.2 Å². The van der Waals surface area contributed by atoms with E-state index < -0.39 is 0 Å². The van der Waals surface area contributed by atoms with Crippen molar-refractivity contribution in [3.05, 3.63) is 10.6 Å². The number of nitrogens with zero attached hydrogens (tertiary/aromatic N) is 2. The van der Waals surface area contributed by atoms with E-state index in [0.29, 0.717) is 0 Å². The molecule has 2 saturated heterocycles. The monoisotopic (exact) mass is 300 g/mol. The third-order valence-corrected chi connectivity index (χ3v) is 6.18. The predicted octanol–water partition coefficient (Wildman–Crippen LogP) is 4.76. The van der Waals surface area contributed by atoms with Crippen molar-refractivity contribution in [1.29, 1.82) is 0 Å². The standard InChI is InChI=1S/2C9H16N.Mg/c2*1-2-4-9-7-10-6-5-8(9)3-1;/h2*8-9H,1-7H2;/q2*-1;+2. The molecule has 2 nitrogen and oxygen atoms in total. The third-order valence-electron chi connectivity index (χ3n) is 6.18. The van der Waals surface area contributed by atoms with Crippen LogP contribution >= 0.6 is 0 Å². The van der Waals surface area contributed by atoms with Crippen LogP contribution in [0.1, 0.15) is 64.2 Å². The maximum absolute atomic E-state index is 4.46. The van der Waals surface area contributed by atoms with Gasteiger partial charge in [-0.05, 0) is 11.8 Å². The molecule has 0 spiro atoms. The number of rotatable bonds is 0. The largest absolute Gasteiger partial charge is 2.00 e. The molecule has 3 heteroatoms. The molecule has 116 valence electrons. The van der Waals surface area contributed by atoms with Crippen LogP contribution in [-0.4, -0.2) is 49.2 Å². The summed E-state index contributed by atoms with van der Waals surface area (Å²) < 4.78 is 0. The zero-order valence-corrected chi connectivity index (χ0v) is 15.2. The average Bonchev–Trinajstić information content (AvgIpc) is 2.56. The summed E-state index contributed by atoms with van der Waals surface area (Å²) in [6, 6.07) is 0. The van der Waals surface area contributed by atoms with Gasteiger partial charge in [-0.25, -0.2) is 0 Å². The van der Waals surface area contributed by atoms with Gasteiger partial charge in [-0.2, -0.15) is 0 Å². The summed E-state index contributed by atoms with van der Waals surface area (Å²) in [6.45, 7) is 4.68. The van der Waals surface area contributed by atoms with Crippen LogP contribution in [0.2, 0.25) is 0 Å². The van der Waals surface area contributed by atoms with E-state index in [-0.39, 0.29) is 23.1 Å². The Morgan fingerprint density at radius 2 is 0.857 bits per heavy atom. The molecule has 2 aliphatic carbocycles. The summed E-state index contributed by atoms with van der Waals surface area (Å²) in [5.74, 6) is 4.10. The summed E-state index contributed by atoms with van der Waals surface area (Å²) in [5, 5.41) is 8.92. The van der Waals surface area contributed by atoms with E-state index in [2.05, 4.69) is 10.6 Å². The molecule has 4 atom stereocenters. The van der Waals surface area contributed by atoms with Gasteiger partial charge in [0.25, 0.3) is 0 Å². The van der Waals surface area contributed by atoms with Crippen LogP contribution < -0.4 is 0 Å². The van der Waals surface area contributed by atoms with Gasteiger partial charge in [0.05, 0.1) is 0 Å². The van der Waals surface area contributed by atoms with E-state index in [0.717, 1.165) is 36.8 Å². The Kier molecular flexibility index (Phi) is 8.36. The minimum Gasteiger partial charge on any atom is -0.662 e. The van der Waals surface area contributed by atoms with Gasteiger partial charge in [-0.3, -0.25) is 0 Å². The number of piperidine rings is 2. The van der Waals surface area contributed by atoms with Gasteiger partial charge < -0.3 is 10.6 Å². The second-order valence-corrected chi connectivity index (χ2v) is 7.45. The fourth-order valence-electron chi connectivity index (χ4n) is 4.84. The fraction of sp³-hybridized carbons (Fsp3) is 1.00. The zero-order chi connectivity index (χ0) is 13.6. The van der Waals surface area contributed by atoms with Crippen molar-refractivity contribution >= 4 is 23.1 Å². The van der Waals surface area contributed by atoms with Crippen LogP contribution in [-0.2, 0) is 0 Å². The predicted molar refractivity (Wildman–Crippen MR) is 92.1 cm³/mol. The van der Waals surface area contributed by atoms with Gasteiger partial charge in [-0.15, -0.1) is 26.2 Å². The van der Waals surface area contributed by atoms with Crippen LogP contribution in [0.3, 0.4) is 0 Å². The smallest absolute Gasteiger partial charge is 0.662 e. The Morgan fingerprint density at radius 3 is 1.24 bits per heavy atom. The maximum Gasteiger partial charge on any atom is 2.00 e. The van der Waals surface area contributed by atoms with Crippen LogP contribution in [0.15, 0.2) is 0 Å². The summed E-state index contributed by atoms with van der Waals surface area (Å²) >= 11 is 0. The second-order valence-electron chi connectivity index (χ2n) is 7.45. The van der Waals surface area contributed by atoms with Crippen LogP contribution in [0.5, 0.6) is 0 Å². The van der Waals surface area contributed by atoms with Gasteiger partial charge in [0.1, 0.15) is 0 Å². The number of hydrogen-bond acceptors (Lipinski definition) is 0. The zero-order valence-electron chi connectivity index (χ0n) is 13.8. The minimum absolute atomic E-state index is 0. The summed E-state index contributed by atoms with van der Waals surface area (Å²) in [6.07, 6.45) is 14.6. The molecule has 4 rings (SSSR count). The summed E-state index contributed by atoms with van der Waals surface area (Å²) in [7, 11) is 0. The SMILES string of the molecule is C1CCC2C[N-]CCC2C1.C1CCC2C[N-]CCC2C1.[Mg+2]. The van der Waals surface area contributed by atoms with E-state index >= 15 is 0 Å². The van der Waals surface area contributed by atoms with Crippen molar-refractivity contribution in [2.75, 3.05) is 26.2 Å². The molecule has 21 heavy (non-hydrogen) atoms. The van der Waals surface area contributed by atoms with Gasteiger partial charge in [0.2, 0.25) is 0 Å². The fourth-order valence-corrected chi connectivity index (χ4v) is 4.84. The molecule has 0 amide bonds. The molecule has 0 bridgehead atoms. The van der Waals surface area contributed by atoms with Gasteiger partial charge in [-0.1, -0.05) is 76.0 Å². The van der Waals surface area contributed by atoms with Gasteiger partial charge in [0.15, 0.2) is 0 Å². The molecule has 4 fully saturated rings. The van der Waals surface area contributed by atoms with E-state index in [1.807, 2.05) is 0 Å². The van der Waals surface area contributed by atoms with E-state index in [4.69, 9.17) is 0 Å². The molecule has 2 saturated carbocycles. The van der Waals surface area contributed by atoms with E-state index in [1.54, 1.807) is 0 Å². The molecule has 2 heterocycles. The Balaban J connectivity index is 0.000000147. The second kappa shape index (κ2) is 9.74. The van der Waals surface area contributed by atoms with Crippen molar-refractivity contribution in [3.63, 3.8) is 0 Å². The summed E-state index contributed by atoms with van der Waals surface area (Å²) in [4.78, 5) is 0. The molecule has 0 aromatic carbocycles. The Bertz CT molecular complexity index is 204. The van der Waals surface area contributed by atoms with Crippen molar-refractivity contribution in [2.24, 2.45) is 23.7 Å². The molecule has 0 radical (unpaired) electrons. The molecule has 0 aromatic heterocycles. The van der Waals surface area contributed by atoms with Crippen LogP contribution in [0.4, 0.5) is 0 Å².